The van der Waals surface area contributed by atoms with Crippen LogP contribution < -0.4 is 14.8 Å². The van der Waals surface area contributed by atoms with Gasteiger partial charge >= 0.3 is 0 Å². The lowest BCUT2D eigenvalue weighted by atomic mass is 10.0. The molecule has 4 aromatic rings. The van der Waals surface area contributed by atoms with E-state index >= 15 is 0 Å². The standard InChI is InChI=1S/C32H32ClN5O3/c1-5-40-31-17-29-27(15-22(31)14-26(39)10-7-13-38(3)4)32(23(18-34)19-35-29)37-24-11-12-30(28(33)16-24)41-20-25-9-6-8-21(2)36-25/h6-12,15-17,19H,5,13-14,20H2,1-4H3,(H,35,37)/b10-7+/i3D3,6D,7D,8D,9D,11D,12D,15D,16D,17D,19D. The summed E-state index contributed by atoms with van der Waals surface area (Å²) in [7, 11) is 1.25. The number of anilines is 2. The molecule has 0 unspecified atom stereocenters. The number of nitriles is 1. The van der Waals surface area contributed by atoms with Crippen LogP contribution in [0.1, 0.15) is 47.3 Å². The molecule has 0 bridgehead atoms. The zero-order valence-corrected chi connectivity index (χ0v) is 23.1. The number of nitrogens with zero attached hydrogens (tertiary/aromatic N) is 4. The van der Waals surface area contributed by atoms with Crippen molar-refractivity contribution < 1.29 is 32.1 Å². The molecule has 4 rings (SSSR count). The first-order valence-corrected chi connectivity index (χ1v) is 12.6. The summed E-state index contributed by atoms with van der Waals surface area (Å²) in [5, 5.41) is 12.0. The van der Waals surface area contributed by atoms with Crippen molar-refractivity contribution in [1.82, 2.24) is 14.9 Å². The van der Waals surface area contributed by atoms with E-state index in [2.05, 4.69) is 15.3 Å². The number of fused-ring (bicyclic) bond motifs is 1. The monoisotopic (exact) mass is 582 g/mol. The van der Waals surface area contributed by atoms with Crippen LogP contribution in [0.5, 0.6) is 11.5 Å². The number of nitrogens with one attached hydrogen (secondary N) is 1. The summed E-state index contributed by atoms with van der Waals surface area (Å²) < 4.78 is 118. The van der Waals surface area contributed by atoms with E-state index in [9.17, 15) is 10.1 Å². The zero-order valence-electron chi connectivity index (χ0n) is 35.3. The summed E-state index contributed by atoms with van der Waals surface area (Å²) >= 11 is 6.47. The van der Waals surface area contributed by atoms with E-state index in [0.717, 1.165) is 11.0 Å². The van der Waals surface area contributed by atoms with Gasteiger partial charge in [0, 0.05) is 51.6 Å². The Kier molecular flexibility index (Phi) is 5.61. The maximum absolute atomic E-state index is 13.2. The zero-order chi connectivity index (χ0) is 40.6. The van der Waals surface area contributed by atoms with Gasteiger partial charge in [-0.1, -0.05) is 23.7 Å². The minimum absolute atomic E-state index is 0.0156. The molecule has 0 aliphatic carbocycles. The van der Waals surface area contributed by atoms with Crippen molar-refractivity contribution in [1.29, 1.82) is 5.26 Å². The van der Waals surface area contributed by atoms with Crippen LogP contribution in [0.3, 0.4) is 0 Å². The molecular weight excluding hydrogens is 538 g/mol. The molecule has 0 saturated carbocycles. The van der Waals surface area contributed by atoms with E-state index in [0.29, 0.717) is 0 Å². The molecule has 0 atom stereocenters. The van der Waals surface area contributed by atoms with E-state index in [4.69, 9.17) is 38.9 Å². The van der Waals surface area contributed by atoms with Gasteiger partial charge in [0.2, 0.25) is 0 Å². The second kappa shape index (κ2) is 13.8. The summed E-state index contributed by atoms with van der Waals surface area (Å²) in [6.07, 6.45) is -0.374. The number of allylic oxidation sites excluding steroid dienone is 1. The molecule has 2 aromatic carbocycles. The van der Waals surface area contributed by atoms with Gasteiger partial charge in [-0.25, -0.2) is 0 Å². The van der Waals surface area contributed by atoms with Crippen LogP contribution in [0, 0.1) is 18.3 Å². The molecule has 0 aliphatic heterocycles. The van der Waals surface area contributed by atoms with Crippen molar-refractivity contribution in [2.75, 3.05) is 32.5 Å². The van der Waals surface area contributed by atoms with Crippen LogP contribution in [0.25, 0.3) is 10.9 Å². The van der Waals surface area contributed by atoms with Crippen LogP contribution in [0.15, 0.2) is 66.6 Å². The molecule has 41 heavy (non-hydrogen) atoms. The Morgan fingerprint density at radius 3 is 2.90 bits per heavy atom. The second-order valence-corrected chi connectivity index (χ2v) is 8.85. The van der Waals surface area contributed by atoms with Gasteiger partial charge in [-0.15, -0.1) is 0 Å². The first-order valence-electron chi connectivity index (χ1n) is 18.7. The summed E-state index contributed by atoms with van der Waals surface area (Å²) in [5.74, 6) is -1.42. The molecule has 0 radical (unpaired) electrons. The fourth-order valence-corrected chi connectivity index (χ4v) is 3.71. The van der Waals surface area contributed by atoms with E-state index in [1.807, 2.05) is 0 Å². The topological polar surface area (TPSA) is 100 Å². The first-order chi connectivity index (χ1) is 25.2. The molecule has 0 saturated heterocycles. The predicted molar refractivity (Wildman–Crippen MR) is 162 cm³/mol. The van der Waals surface area contributed by atoms with Gasteiger partial charge in [-0.05, 0) is 70.2 Å². The van der Waals surface area contributed by atoms with Crippen molar-refractivity contribution in [2.24, 2.45) is 0 Å². The number of aromatic nitrogens is 2. The molecule has 2 heterocycles. The number of carbonyl (C=O) groups is 1. The smallest absolute Gasteiger partial charge is 0.159 e. The number of pyridine rings is 2. The number of likely N-dealkylation sites (N-methyl/N-ethyl adjacent to an activating group) is 1. The molecule has 9 heteroatoms. The van der Waals surface area contributed by atoms with E-state index in [-0.39, 0.29) is 58.0 Å². The fourth-order valence-electron chi connectivity index (χ4n) is 3.51. The molecule has 210 valence electrons. The molecule has 0 aliphatic rings. The lowest BCUT2D eigenvalue weighted by Gasteiger charge is -2.16. The molecule has 0 spiro atoms. The van der Waals surface area contributed by atoms with Gasteiger partial charge in [0.25, 0.3) is 0 Å². The van der Waals surface area contributed by atoms with Crippen molar-refractivity contribution in [2.45, 2.75) is 26.9 Å². The highest BCUT2D eigenvalue weighted by atomic mass is 35.5. The lowest BCUT2D eigenvalue weighted by molar-refractivity contribution is -0.114. The van der Waals surface area contributed by atoms with Crippen LogP contribution in [-0.4, -0.2) is 47.8 Å². The highest BCUT2D eigenvalue weighted by Crippen LogP contribution is 2.36. The van der Waals surface area contributed by atoms with Gasteiger partial charge in [-0.3, -0.25) is 14.8 Å². The quantitative estimate of drug-likeness (QED) is 0.191. The highest BCUT2D eigenvalue weighted by Gasteiger charge is 2.16. The number of hydrogen-bond acceptors (Lipinski definition) is 8. The first kappa shape index (κ1) is 16.7. The van der Waals surface area contributed by atoms with Crippen molar-refractivity contribution >= 4 is 39.7 Å². The van der Waals surface area contributed by atoms with E-state index in [1.165, 1.54) is 14.0 Å². The maximum atomic E-state index is 13.2. The SMILES string of the molecule is [2H]/C(=C\C(=O)Cc1c(OCC)c([2H])c2nc([2H])c(C#N)c(Nc3c([2H])c([2H])c(OCc4nc(C)c([2H])c([2H])c4[2H])c(Cl)c3[2H])c2c1[2H])CN(C)C([2H])([2H])[2H]. The Labute approximate surface area is 263 Å². The van der Waals surface area contributed by atoms with E-state index < -0.39 is 103 Å². The Bertz CT molecular complexity index is 2230. The normalized spacial score (nSPS) is 16.2. The average molecular weight is 583 g/mol. The summed E-state index contributed by atoms with van der Waals surface area (Å²) in [6.45, 7) is -0.372. The van der Waals surface area contributed by atoms with Crippen LogP contribution >= 0.6 is 11.6 Å². The van der Waals surface area contributed by atoms with Gasteiger partial charge in [0.15, 0.2) is 5.78 Å². The van der Waals surface area contributed by atoms with Crippen LogP contribution in [-0.2, 0) is 17.8 Å². The Morgan fingerprint density at radius 2 is 2.12 bits per heavy atom. The minimum Gasteiger partial charge on any atom is -0.494 e. The number of benzene rings is 2. The maximum Gasteiger partial charge on any atom is 0.159 e. The molecular formula is C32H32ClN5O3. The number of halogens is 1. The van der Waals surface area contributed by atoms with Crippen LogP contribution in [0.4, 0.5) is 11.4 Å². The summed E-state index contributed by atoms with van der Waals surface area (Å²) in [6, 6.07) is -2.46. The largest absolute Gasteiger partial charge is 0.494 e. The van der Waals surface area contributed by atoms with Gasteiger partial charge in [0.05, 0.1) is 47.8 Å². The summed E-state index contributed by atoms with van der Waals surface area (Å²) in [4.78, 5) is 22.2. The lowest BCUT2D eigenvalue weighted by Crippen LogP contribution is -2.11. The fraction of sp³-hybridized carbons (Fsp3) is 0.250. The predicted octanol–water partition coefficient (Wildman–Crippen LogP) is 6.41. The third-order valence-corrected chi connectivity index (χ3v) is 5.50. The van der Waals surface area contributed by atoms with Gasteiger partial charge < -0.3 is 19.7 Å². The molecule has 8 nitrogen and oxygen atoms in total. The third-order valence-electron chi connectivity index (χ3n) is 5.23. The summed E-state index contributed by atoms with van der Waals surface area (Å²) in [5.41, 5.74) is -1.66. The van der Waals surface area contributed by atoms with Crippen molar-refractivity contribution in [3.63, 3.8) is 0 Å². The minimum atomic E-state index is -2.52. The Hall–Kier alpha value is -4.45. The van der Waals surface area contributed by atoms with Gasteiger partial charge in [0.1, 0.15) is 24.2 Å². The van der Waals surface area contributed by atoms with Crippen molar-refractivity contribution in [3.05, 3.63) is 94.2 Å². The molecule has 0 amide bonds. The van der Waals surface area contributed by atoms with Gasteiger partial charge in [-0.2, -0.15) is 5.26 Å². The molecule has 0 fully saturated rings. The van der Waals surface area contributed by atoms with Crippen LogP contribution in [0.2, 0.25) is 5.02 Å². The molecule has 2 aromatic heterocycles. The number of ketones is 1. The number of ether oxygens (including phenoxy) is 2. The number of hydrogen-bond donors (Lipinski definition) is 1. The third kappa shape index (κ3) is 7.82. The average Bonchev–Trinajstić information content (AvgIpc) is 3.09. The number of aryl methyl sites for hydroxylation is 1. The van der Waals surface area contributed by atoms with Crippen molar-refractivity contribution in [3.8, 4) is 17.6 Å². The Morgan fingerprint density at radius 1 is 1.27 bits per heavy atom. The van der Waals surface area contributed by atoms with E-state index in [1.54, 1.807) is 13.0 Å². The highest BCUT2D eigenvalue weighted by molar-refractivity contribution is 6.32. The Balaban J connectivity index is 1.87. The number of rotatable bonds is 12. The molecule has 1 N–H and O–H groups in total. The number of carbonyl (C=O) groups excluding carboxylic acids is 1. The second-order valence-electron chi connectivity index (χ2n) is 8.47.